The van der Waals surface area contributed by atoms with Gasteiger partial charge in [0, 0.05) is 36.1 Å². The zero-order valence-corrected chi connectivity index (χ0v) is 19.5. The summed E-state index contributed by atoms with van der Waals surface area (Å²) in [4.78, 5) is 25.6. The highest BCUT2D eigenvalue weighted by atomic mass is 32.2. The van der Waals surface area contributed by atoms with Gasteiger partial charge < -0.3 is 15.0 Å². The van der Waals surface area contributed by atoms with Crippen LogP contribution in [0.5, 0.6) is 5.75 Å². The predicted molar refractivity (Wildman–Crippen MR) is 129 cm³/mol. The van der Waals surface area contributed by atoms with E-state index in [2.05, 4.69) is 51.4 Å². The van der Waals surface area contributed by atoms with Gasteiger partial charge in [-0.1, -0.05) is 29.5 Å². The van der Waals surface area contributed by atoms with E-state index in [9.17, 15) is 4.79 Å². The van der Waals surface area contributed by atoms with Crippen molar-refractivity contribution in [3.05, 3.63) is 66.0 Å². The van der Waals surface area contributed by atoms with Gasteiger partial charge in [-0.15, -0.1) is 0 Å². The lowest BCUT2D eigenvalue weighted by molar-refractivity contribution is -0.120. The molecule has 0 radical (unpaired) electrons. The molecule has 1 saturated heterocycles. The molecule has 166 valence electrons. The van der Waals surface area contributed by atoms with E-state index in [4.69, 9.17) is 4.74 Å². The van der Waals surface area contributed by atoms with Crippen molar-refractivity contribution in [1.29, 1.82) is 0 Å². The fourth-order valence-corrected chi connectivity index (χ4v) is 4.73. The minimum atomic E-state index is -0.107. The van der Waals surface area contributed by atoms with Gasteiger partial charge in [-0.25, -0.2) is 9.97 Å². The van der Waals surface area contributed by atoms with Crippen molar-refractivity contribution in [3.63, 3.8) is 0 Å². The third-order valence-corrected chi connectivity index (χ3v) is 6.65. The number of anilines is 2. The SMILES string of the molecule is COc1ccc(NC(=O)C2CCCN(c3nccnc3Sc3ccc(C)cc3)C2)c(C)c1. The number of nitrogens with zero attached hydrogens (tertiary/aromatic N) is 3. The molecule has 4 rings (SSSR count). The maximum atomic E-state index is 13.0. The molecule has 1 aliphatic rings. The highest BCUT2D eigenvalue weighted by Crippen LogP contribution is 2.34. The van der Waals surface area contributed by atoms with E-state index in [1.807, 2.05) is 25.1 Å². The van der Waals surface area contributed by atoms with Gasteiger partial charge in [-0.3, -0.25) is 4.79 Å². The summed E-state index contributed by atoms with van der Waals surface area (Å²) in [6.45, 7) is 5.54. The van der Waals surface area contributed by atoms with Gasteiger partial charge in [0.15, 0.2) is 5.82 Å². The Balaban J connectivity index is 1.47. The summed E-state index contributed by atoms with van der Waals surface area (Å²) in [6.07, 6.45) is 5.24. The maximum Gasteiger partial charge on any atom is 0.229 e. The number of hydrogen-bond donors (Lipinski definition) is 1. The van der Waals surface area contributed by atoms with E-state index in [-0.39, 0.29) is 11.8 Å². The molecule has 32 heavy (non-hydrogen) atoms. The van der Waals surface area contributed by atoms with Crippen molar-refractivity contribution in [2.45, 2.75) is 36.6 Å². The highest BCUT2D eigenvalue weighted by Gasteiger charge is 2.28. The third-order valence-electron chi connectivity index (χ3n) is 5.67. The van der Waals surface area contributed by atoms with Gasteiger partial charge >= 0.3 is 0 Å². The Morgan fingerprint density at radius 3 is 2.66 bits per heavy atom. The Labute approximate surface area is 193 Å². The molecule has 1 aliphatic heterocycles. The molecule has 0 saturated carbocycles. The summed E-state index contributed by atoms with van der Waals surface area (Å²) in [5, 5.41) is 3.96. The first kappa shape index (κ1) is 22.1. The van der Waals surface area contributed by atoms with E-state index in [0.29, 0.717) is 6.54 Å². The number of rotatable bonds is 6. The van der Waals surface area contributed by atoms with Crippen molar-refractivity contribution in [3.8, 4) is 5.75 Å². The van der Waals surface area contributed by atoms with Crippen LogP contribution in [0.25, 0.3) is 0 Å². The van der Waals surface area contributed by atoms with E-state index < -0.39 is 0 Å². The zero-order valence-electron chi connectivity index (χ0n) is 18.7. The summed E-state index contributed by atoms with van der Waals surface area (Å²) >= 11 is 1.61. The molecular formula is C25H28N4O2S. The van der Waals surface area contributed by atoms with Gasteiger partial charge in [-0.05, 0) is 62.6 Å². The van der Waals surface area contributed by atoms with Crippen molar-refractivity contribution in [1.82, 2.24) is 9.97 Å². The number of piperidine rings is 1. The molecule has 0 aliphatic carbocycles. The first-order valence-corrected chi connectivity index (χ1v) is 11.6. The lowest BCUT2D eigenvalue weighted by Crippen LogP contribution is -2.41. The number of hydrogen-bond acceptors (Lipinski definition) is 6. The second-order valence-electron chi connectivity index (χ2n) is 8.06. The van der Waals surface area contributed by atoms with E-state index in [1.54, 1.807) is 31.3 Å². The number of methoxy groups -OCH3 is 1. The molecule has 1 amide bonds. The first-order valence-electron chi connectivity index (χ1n) is 10.8. The fourth-order valence-electron chi connectivity index (χ4n) is 3.85. The van der Waals surface area contributed by atoms with E-state index in [0.717, 1.165) is 52.1 Å². The van der Waals surface area contributed by atoms with Crippen LogP contribution in [0.4, 0.5) is 11.5 Å². The quantitative estimate of drug-likeness (QED) is 0.565. The third kappa shape index (κ3) is 5.22. The normalized spacial score (nSPS) is 16.0. The van der Waals surface area contributed by atoms with Crippen molar-refractivity contribution in [2.75, 3.05) is 30.4 Å². The van der Waals surface area contributed by atoms with Crippen LogP contribution in [0.2, 0.25) is 0 Å². The summed E-state index contributed by atoms with van der Waals surface area (Å²) < 4.78 is 5.26. The molecule has 7 heteroatoms. The zero-order chi connectivity index (χ0) is 22.5. The fraction of sp³-hybridized carbons (Fsp3) is 0.320. The topological polar surface area (TPSA) is 67.3 Å². The molecule has 3 aromatic rings. The predicted octanol–water partition coefficient (Wildman–Crippen LogP) is 5.11. The molecule has 6 nitrogen and oxygen atoms in total. The minimum Gasteiger partial charge on any atom is -0.497 e. The number of carbonyl (C=O) groups is 1. The Kier molecular flexibility index (Phi) is 6.95. The molecule has 0 bridgehead atoms. The summed E-state index contributed by atoms with van der Waals surface area (Å²) in [7, 11) is 1.64. The van der Waals surface area contributed by atoms with Crippen molar-refractivity contribution >= 4 is 29.2 Å². The highest BCUT2D eigenvalue weighted by molar-refractivity contribution is 7.99. The number of ether oxygens (including phenoxy) is 1. The van der Waals surface area contributed by atoms with Crippen LogP contribution in [0.1, 0.15) is 24.0 Å². The maximum absolute atomic E-state index is 13.0. The first-order chi connectivity index (χ1) is 15.5. The van der Waals surface area contributed by atoms with Gasteiger partial charge in [0.1, 0.15) is 10.8 Å². The molecule has 1 atom stereocenters. The number of aromatic nitrogens is 2. The molecular weight excluding hydrogens is 420 g/mol. The summed E-state index contributed by atoms with van der Waals surface area (Å²) in [5.41, 5.74) is 3.03. The largest absolute Gasteiger partial charge is 0.497 e. The number of aryl methyl sites for hydroxylation is 2. The van der Waals surface area contributed by atoms with Crippen LogP contribution in [0.3, 0.4) is 0 Å². The van der Waals surface area contributed by atoms with Crippen molar-refractivity contribution in [2.24, 2.45) is 5.92 Å². The second kappa shape index (κ2) is 10.0. The summed E-state index contributed by atoms with van der Waals surface area (Å²) in [5.74, 6) is 1.56. The van der Waals surface area contributed by atoms with Crippen LogP contribution >= 0.6 is 11.8 Å². The van der Waals surface area contributed by atoms with E-state index >= 15 is 0 Å². The molecule has 0 spiro atoms. The molecule has 1 unspecified atom stereocenters. The van der Waals surface area contributed by atoms with Crippen LogP contribution in [0.15, 0.2) is 64.8 Å². The van der Waals surface area contributed by atoms with E-state index in [1.165, 1.54) is 5.56 Å². The second-order valence-corrected chi connectivity index (χ2v) is 9.12. The van der Waals surface area contributed by atoms with Gasteiger partial charge in [-0.2, -0.15) is 0 Å². The van der Waals surface area contributed by atoms with Crippen LogP contribution in [-0.4, -0.2) is 36.1 Å². The Bertz CT molecular complexity index is 1090. The molecule has 2 aromatic carbocycles. The average molecular weight is 449 g/mol. The van der Waals surface area contributed by atoms with Crippen molar-refractivity contribution < 1.29 is 9.53 Å². The Morgan fingerprint density at radius 1 is 1.12 bits per heavy atom. The van der Waals surface area contributed by atoms with Gasteiger partial charge in [0.25, 0.3) is 0 Å². The lowest BCUT2D eigenvalue weighted by atomic mass is 9.97. The van der Waals surface area contributed by atoms with Gasteiger partial charge in [0.05, 0.1) is 13.0 Å². The molecule has 1 fully saturated rings. The smallest absolute Gasteiger partial charge is 0.229 e. The van der Waals surface area contributed by atoms with Crippen LogP contribution in [0, 0.1) is 19.8 Å². The monoisotopic (exact) mass is 448 g/mol. The number of carbonyl (C=O) groups excluding carboxylic acids is 1. The molecule has 1 aromatic heterocycles. The number of amides is 1. The van der Waals surface area contributed by atoms with Crippen LogP contribution in [-0.2, 0) is 4.79 Å². The van der Waals surface area contributed by atoms with Crippen LogP contribution < -0.4 is 15.0 Å². The molecule has 1 N–H and O–H groups in total. The number of benzene rings is 2. The Morgan fingerprint density at radius 2 is 1.91 bits per heavy atom. The minimum absolute atomic E-state index is 0.0413. The standard InChI is InChI=1S/C25H28N4O2S/c1-17-6-9-21(10-7-17)32-25-23(26-12-13-27-25)29-14-4-5-19(16-29)24(30)28-22-11-8-20(31-3)15-18(22)2/h6-13,15,19H,4-5,14,16H2,1-3H3,(H,28,30). The van der Waals surface area contributed by atoms with Gasteiger partial charge in [0.2, 0.25) is 5.91 Å². The molecule has 2 heterocycles. The lowest BCUT2D eigenvalue weighted by Gasteiger charge is -2.33. The summed E-state index contributed by atoms with van der Waals surface area (Å²) in [6, 6.07) is 14.1. The number of nitrogens with one attached hydrogen (secondary N) is 1. The Hall–Kier alpha value is -3.06. The average Bonchev–Trinajstić information content (AvgIpc) is 2.82.